The molecule has 0 unspecified atom stereocenters. The Morgan fingerprint density at radius 3 is 2.67 bits per heavy atom. The number of aromatic amines is 1. The highest BCUT2D eigenvalue weighted by Gasteiger charge is 1.85. The van der Waals surface area contributed by atoms with Gasteiger partial charge in [-0.15, -0.1) is 0 Å². The van der Waals surface area contributed by atoms with Gasteiger partial charge in [0.25, 0.3) is 5.56 Å². The number of H-pyrrole nitrogens is 1. The van der Waals surface area contributed by atoms with E-state index in [1.54, 1.807) is 6.92 Å². The molecule has 1 aromatic heterocycles. The molecular formula is C9H12N2O. The Bertz CT molecular complexity index is 330. The highest BCUT2D eigenvalue weighted by Crippen LogP contribution is 1.76. The minimum atomic E-state index is -0.173. The van der Waals surface area contributed by atoms with E-state index in [9.17, 15) is 4.79 Å². The van der Waals surface area contributed by atoms with Gasteiger partial charge in [0.2, 0.25) is 0 Å². The highest BCUT2D eigenvalue weighted by atomic mass is 16.1. The summed E-state index contributed by atoms with van der Waals surface area (Å²) in [7, 11) is 0. The lowest BCUT2D eigenvalue weighted by molar-refractivity contribution is 1.08. The topological polar surface area (TPSA) is 45.8 Å². The first-order valence-electron chi connectivity index (χ1n) is 3.81. The van der Waals surface area contributed by atoms with E-state index in [0.29, 0.717) is 5.82 Å². The van der Waals surface area contributed by atoms with Crippen LogP contribution in [-0.2, 0) is 0 Å². The van der Waals surface area contributed by atoms with E-state index in [2.05, 4.69) is 21.8 Å². The van der Waals surface area contributed by atoms with Crippen LogP contribution in [0.4, 0.5) is 0 Å². The van der Waals surface area contributed by atoms with Crippen LogP contribution in [0.3, 0.4) is 0 Å². The van der Waals surface area contributed by atoms with Crippen molar-refractivity contribution in [3.05, 3.63) is 28.4 Å². The largest absolute Gasteiger partial charge is 0.300 e. The zero-order chi connectivity index (χ0) is 9.40. The van der Waals surface area contributed by atoms with Gasteiger partial charge in [-0.05, 0) is 12.8 Å². The molecule has 0 aliphatic rings. The minimum Gasteiger partial charge on any atom is -0.300 e. The summed E-state index contributed by atoms with van der Waals surface area (Å²) < 4.78 is 0. The van der Waals surface area contributed by atoms with E-state index in [0.717, 1.165) is 0 Å². The quantitative estimate of drug-likeness (QED) is 0.585. The monoisotopic (exact) mass is 164 g/mol. The fourth-order valence-corrected chi connectivity index (χ4v) is 0.552. The van der Waals surface area contributed by atoms with Crippen molar-refractivity contribution in [1.82, 2.24) is 9.97 Å². The second-order valence-corrected chi connectivity index (χ2v) is 1.66. The van der Waals surface area contributed by atoms with Crippen molar-refractivity contribution in [3.8, 4) is 11.8 Å². The molecule has 64 valence electrons. The molecule has 3 heteroatoms. The number of hydrogen-bond donors (Lipinski definition) is 1. The van der Waals surface area contributed by atoms with E-state index >= 15 is 0 Å². The van der Waals surface area contributed by atoms with Crippen LogP contribution in [0.2, 0.25) is 0 Å². The second-order valence-electron chi connectivity index (χ2n) is 1.66. The Hall–Kier alpha value is -1.56. The predicted molar refractivity (Wildman–Crippen MR) is 48.8 cm³/mol. The molecule has 0 radical (unpaired) electrons. The molecule has 0 aliphatic carbocycles. The molecular weight excluding hydrogens is 152 g/mol. The summed E-state index contributed by atoms with van der Waals surface area (Å²) in [6, 6.07) is 1.35. The third kappa shape index (κ3) is 3.57. The Balaban J connectivity index is 0.000000561. The highest BCUT2D eigenvalue weighted by molar-refractivity contribution is 5.17. The van der Waals surface area contributed by atoms with E-state index in [-0.39, 0.29) is 5.56 Å². The third-order valence-corrected chi connectivity index (χ3v) is 0.915. The van der Waals surface area contributed by atoms with Gasteiger partial charge in [0.05, 0.1) is 0 Å². The predicted octanol–water partition coefficient (Wildman–Crippen LogP) is 1.17. The van der Waals surface area contributed by atoms with Gasteiger partial charge >= 0.3 is 0 Å². The maximum absolute atomic E-state index is 10.6. The van der Waals surface area contributed by atoms with Gasteiger partial charge in [-0.2, -0.15) is 0 Å². The molecule has 1 N–H and O–H groups in total. The second kappa shape index (κ2) is 6.17. The van der Waals surface area contributed by atoms with Gasteiger partial charge in [0.1, 0.15) is 0 Å². The van der Waals surface area contributed by atoms with E-state index in [1.165, 1.54) is 12.3 Å². The van der Waals surface area contributed by atoms with Crippen molar-refractivity contribution in [2.75, 3.05) is 0 Å². The molecule has 0 bridgehead atoms. The first-order valence-corrected chi connectivity index (χ1v) is 3.81. The Labute approximate surface area is 71.9 Å². The summed E-state index contributed by atoms with van der Waals surface area (Å²) in [6.45, 7) is 5.69. The van der Waals surface area contributed by atoms with Crippen LogP contribution in [0.5, 0.6) is 0 Å². The average molecular weight is 164 g/mol. The zero-order valence-electron chi connectivity index (χ0n) is 7.51. The summed E-state index contributed by atoms with van der Waals surface area (Å²) in [5.41, 5.74) is -0.173. The normalized spacial score (nSPS) is 7.25. The standard InChI is InChI=1S/C7H6N2O.C2H6/c1-2-3-6-8-5-4-7(10)9-6;1-2/h4-5H,1H3,(H,8,9,10);1-2H3. The summed E-state index contributed by atoms with van der Waals surface area (Å²) in [4.78, 5) is 16.9. The molecule has 0 spiro atoms. The number of aromatic nitrogens is 2. The van der Waals surface area contributed by atoms with Crippen molar-refractivity contribution < 1.29 is 0 Å². The maximum Gasteiger partial charge on any atom is 0.251 e. The van der Waals surface area contributed by atoms with Crippen LogP contribution in [0.25, 0.3) is 0 Å². The van der Waals surface area contributed by atoms with Crippen LogP contribution < -0.4 is 5.56 Å². The van der Waals surface area contributed by atoms with Crippen LogP contribution >= 0.6 is 0 Å². The van der Waals surface area contributed by atoms with Crippen LogP contribution in [0.15, 0.2) is 17.1 Å². The van der Waals surface area contributed by atoms with Crippen molar-refractivity contribution >= 4 is 0 Å². The maximum atomic E-state index is 10.6. The molecule has 1 aromatic rings. The van der Waals surface area contributed by atoms with E-state index in [1.807, 2.05) is 13.8 Å². The van der Waals surface area contributed by atoms with Gasteiger partial charge in [-0.25, -0.2) is 4.98 Å². The lowest BCUT2D eigenvalue weighted by Gasteiger charge is -1.84. The van der Waals surface area contributed by atoms with Crippen LogP contribution in [0.1, 0.15) is 26.6 Å². The van der Waals surface area contributed by atoms with Gasteiger partial charge in [-0.1, -0.05) is 19.8 Å². The van der Waals surface area contributed by atoms with Crippen molar-refractivity contribution in [2.24, 2.45) is 0 Å². The fourth-order valence-electron chi connectivity index (χ4n) is 0.552. The number of rotatable bonds is 0. The summed E-state index contributed by atoms with van der Waals surface area (Å²) in [5.74, 6) is 5.67. The fraction of sp³-hybridized carbons (Fsp3) is 0.333. The molecule has 0 atom stereocenters. The van der Waals surface area contributed by atoms with Gasteiger partial charge in [0, 0.05) is 12.3 Å². The molecule has 1 heterocycles. The van der Waals surface area contributed by atoms with Gasteiger partial charge in [-0.3, -0.25) is 9.78 Å². The zero-order valence-corrected chi connectivity index (χ0v) is 7.51. The molecule has 3 nitrogen and oxygen atoms in total. The van der Waals surface area contributed by atoms with E-state index < -0.39 is 0 Å². The van der Waals surface area contributed by atoms with Crippen molar-refractivity contribution in [2.45, 2.75) is 20.8 Å². The summed E-state index contributed by atoms with van der Waals surface area (Å²) in [5, 5.41) is 0. The molecule has 0 saturated carbocycles. The molecule has 0 fully saturated rings. The molecule has 0 aliphatic heterocycles. The third-order valence-electron chi connectivity index (χ3n) is 0.915. The van der Waals surface area contributed by atoms with Gasteiger partial charge < -0.3 is 0 Å². The molecule has 0 amide bonds. The molecule has 0 saturated heterocycles. The average Bonchev–Trinajstić information content (AvgIpc) is 2.09. The minimum absolute atomic E-state index is 0.173. The van der Waals surface area contributed by atoms with Crippen LogP contribution in [0, 0.1) is 11.8 Å². The Kier molecular flexibility index (Phi) is 5.37. The number of hydrogen-bond acceptors (Lipinski definition) is 2. The summed E-state index contributed by atoms with van der Waals surface area (Å²) >= 11 is 0. The number of nitrogens with one attached hydrogen (secondary N) is 1. The lowest BCUT2D eigenvalue weighted by atomic mass is 10.5. The van der Waals surface area contributed by atoms with Crippen molar-refractivity contribution in [3.63, 3.8) is 0 Å². The number of nitrogens with zero attached hydrogens (tertiary/aromatic N) is 1. The Morgan fingerprint density at radius 2 is 2.17 bits per heavy atom. The molecule has 0 aromatic carbocycles. The van der Waals surface area contributed by atoms with Crippen LogP contribution in [-0.4, -0.2) is 9.97 Å². The van der Waals surface area contributed by atoms with E-state index in [4.69, 9.17) is 0 Å². The molecule has 1 rings (SSSR count). The lowest BCUT2D eigenvalue weighted by Crippen LogP contribution is -2.06. The SMILES string of the molecule is CC.CC#Cc1nccc(=O)[nH]1. The Morgan fingerprint density at radius 1 is 1.50 bits per heavy atom. The van der Waals surface area contributed by atoms with Crippen molar-refractivity contribution in [1.29, 1.82) is 0 Å². The smallest absolute Gasteiger partial charge is 0.251 e. The first-order chi connectivity index (χ1) is 5.83. The van der Waals surface area contributed by atoms with Gasteiger partial charge in [0.15, 0.2) is 5.82 Å². The first kappa shape index (κ1) is 10.4. The summed E-state index contributed by atoms with van der Waals surface area (Å²) in [6.07, 6.45) is 1.43. The molecule has 12 heavy (non-hydrogen) atoms.